The molecule has 4 aromatic rings. The van der Waals surface area contributed by atoms with Gasteiger partial charge in [-0.05, 0) is 53.9 Å². The van der Waals surface area contributed by atoms with Crippen molar-refractivity contribution in [1.29, 1.82) is 5.26 Å². The maximum absolute atomic E-state index is 13.2. The standard InChI is InChI=1S/C27H23F3N6O/c1-36-17-22(16-34-36)21-8-11-24(33-15-21)35-26(37)25(20-6-9-23(10-7-20)27(28,29)30)32-13-12-18-2-4-19(14-31)5-3-18/h2-11,15-17,25,32H,12-13H2,1H3,(H,33,35,37)/t25-/m1/s1. The number of amides is 1. The molecule has 0 aliphatic heterocycles. The van der Waals surface area contributed by atoms with E-state index in [1.165, 1.54) is 12.1 Å². The summed E-state index contributed by atoms with van der Waals surface area (Å²) in [6.45, 7) is 0.373. The van der Waals surface area contributed by atoms with Gasteiger partial charge >= 0.3 is 6.18 Å². The molecule has 0 aliphatic carbocycles. The molecule has 7 nitrogen and oxygen atoms in total. The fourth-order valence-electron chi connectivity index (χ4n) is 3.74. The largest absolute Gasteiger partial charge is 0.416 e. The Morgan fingerprint density at radius 2 is 1.76 bits per heavy atom. The zero-order chi connectivity index (χ0) is 26.4. The summed E-state index contributed by atoms with van der Waals surface area (Å²) in [5.41, 5.74) is 2.79. The molecular weight excluding hydrogens is 481 g/mol. The molecule has 2 aromatic carbocycles. The number of aromatic nitrogens is 3. The third kappa shape index (κ3) is 6.59. The molecule has 0 spiro atoms. The minimum atomic E-state index is -4.47. The normalized spacial score (nSPS) is 12.1. The van der Waals surface area contributed by atoms with E-state index in [4.69, 9.17) is 5.26 Å². The van der Waals surface area contributed by atoms with Gasteiger partial charge in [-0.25, -0.2) is 4.98 Å². The number of halogens is 3. The predicted molar refractivity (Wildman–Crippen MR) is 132 cm³/mol. The lowest BCUT2D eigenvalue weighted by atomic mass is 10.0. The molecule has 0 saturated carbocycles. The second-order valence-corrected chi connectivity index (χ2v) is 8.39. The average Bonchev–Trinajstić information content (AvgIpc) is 3.33. The molecule has 0 fully saturated rings. The Morgan fingerprint density at radius 1 is 1.03 bits per heavy atom. The highest BCUT2D eigenvalue weighted by atomic mass is 19.4. The SMILES string of the molecule is Cn1cc(-c2ccc(NC(=O)[C@H](NCCc3ccc(C#N)cc3)c3ccc(C(F)(F)F)cc3)nc2)cn1. The van der Waals surface area contributed by atoms with Gasteiger partial charge in [-0.3, -0.25) is 9.48 Å². The van der Waals surface area contributed by atoms with E-state index in [0.29, 0.717) is 29.9 Å². The smallest absolute Gasteiger partial charge is 0.309 e. The Balaban J connectivity index is 1.49. The van der Waals surface area contributed by atoms with E-state index in [-0.39, 0.29) is 0 Å². The second-order valence-electron chi connectivity index (χ2n) is 8.39. The van der Waals surface area contributed by atoms with Crippen molar-refractivity contribution in [3.8, 4) is 17.2 Å². The van der Waals surface area contributed by atoms with E-state index in [2.05, 4.69) is 26.8 Å². The van der Waals surface area contributed by atoms with E-state index >= 15 is 0 Å². The molecule has 0 unspecified atom stereocenters. The Bertz CT molecular complexity index is 1390. The van der Waals surface area contributed by atoms with Crippen LogP contribution in [0.5, 0.6) is 0 Å². The fraction of sp³-hybridized carbons (Fsp3) is 0.185. The summed E-state index contributed by atoms with van der Waals surface area (Å²) in [6, 6.07) is 16.1. The summed E-state index contributed by atoms with van der Waals surface area (Å²) in [4.78, 5) is 17.5. The first kappa shape index (κ1) is 25.6. The number of rotatable bonds is 8. The van der Waals surface area contributed by atoms with Gasteiger partial charge < -0.3 is 10.6 Å². The Hall–Kier alpha value is -4.49. The number of hydrogen-bond donors (Lipinski definition) is 2. The molecule has 2 heterocycles. The van der Waals surface area contributed by atoms with Crippen molar-refractivity contribution in [3.63, 3.8) is 0 Å². The first-order valence-electron chi connectivity index (χ1n) is 11.4. The molecule has 2 N–H and O–H groups in total. The topological polar surface area (TPSA) is 95.6 Å². The van der Waals surface area contributed by atoms with Crippen LogP contribution in [-0.4, -0.2) is 27.2 Å². The summed E-state index contributed by atoms with van der Waals surface area (Å²) in [7, 11) is 1.81. The van der Waals surface area contributed by atoms with Crippen LogP contribution in [0.4, 0.5) is 19.0 Å². The van der Waals surface area contributed by atoms with Crippen molar-refractivity contribution in [3.05, 3.63) is 102 Å². The zero-order valence-corrected chi connectivity index (χ0v) is 19.8. The molecule has 1 amide bonds. The summed E-state index contributed by atoms with van der Waals surface area (Å²) in [5.74, 6) is -0.148. The summed E-state index contributed by atoms with van der Waals surface area (Å²) in [6.07, 6.45) is 1.23. The zero-order valence-electron chi connectivity index (χ0n) is 19.8. The molecule has 188 valence electrons. The van der Waals surface area contributed by atoms with E-state index < -0.39 is 23.7 Å². The Kier molecular flexibility index (Phi) is 7.65. The number of carbonyl (C=O) groups excluding carboxylic acids is 1. The van der Waals surface area contributed by atoms with Crippen LogP contribution in [0.1, 0.15) is 28.3 Å². The third-order valence-electron chi connectivity index (χ3n) is 5.73. The van der Waals surface area contributed by atoms with Crippen LogP contribution in [0.25, 0.3) is 11.1 Å². The average molecular weight is 505 g/mol. The van der Waals surface area contributed by atoms with Crippen molar-refractivity contribution in [1.82, 2.24) is 20.1 Å². The predicted octanol–water partition coefficient (Wildman–Crippen LogP) is 4.88. The monoisotopic (exact) mass is 504 g/mol. The van der Waals surface area contributed by atoms with Gasteiger partial charge in [-0.1, -0.05) is 24.3 Å². The molecule has 37 heavy (non-hydrogen) atoms. The molecule has 10 heteroatoms. The van der Waals surface area contributed by atoms with Crippen molar-refractivity contribution in [2.75, 3.05) is 11.9 Å². The van der Waals surface area contributed by atoms with E-state index in [1.54, 1.807) is 48.4 Å². The van der Waals surface area contributed by atoms with Crippen molar-refractivity contribution in [2.24, 2.45) is 7.05 Å². The molecule has 0 radical (unpaired) electrons. The molecule has 0 aliphatic rings. The van der Waals surface area contributed by atoms with Gasteiger partial charge in [0.2, 0.25) is 5.91 Å². The molecule has 4 rings (SSSR count). The lowest BCUT2D eigenvalue weighted by Crippen LogP contribution is -2.34. The van der Waals surface area contributed by atoms with Gasteiger partial charge in [0, 0.05) is 37.1 Å². The number of alkyl halides is 3. The molecule has 0 bridgehead atoms. The van der Waals surface area contributed by atoms with Gasteiger partial charge in [0.05, 0.1) is 23.4 Å². The highest BCUT2D eigenvalue weighted by Gasteiger charge is 2.31. The van der Waals surface area contributed by atoms with Crippen molar-refractivity contribution >= 4 is 11.7 Å². The highest BCUT2D eigenvalue weighted by Crippen LogP contribution is 2.30. The van der Waals surface area contributed by atoms with Gasteiger partial charge in [0.15, 0.2) is 0 Å². The molecule has 2 aromatic heterocycles. The minimum absolute atomic E-state index is 0.309. The maximum atomic E-state index is 13.2. The first-order chi connectivity index (χ1) is 17.7. The molecule has 0 saturated heterocycles. The van der Waals surface area contributed by atoms with Crippen LogP contribution in [0, 0.1) is 11.3 Å². The lowest BCUT2D eigenvalue weighted by Gasteiger charge is -2.19. The number of benzene rings is 2. The van der Waals surface area contributed by atoms with Gasteiger partial charge in [0.1, 0.15) is 11.9 Å². The van der Waals surface area contributed by atoms with Crippen LogP contribution < -0.4 is 10.6 Å². The van der Waals surface area contributed by atoms with Crippen LogP contribution in [0.15, 0.2) is 79.3 Å². The van der Waals surface area contributed by atoms with Crippen LogP contribution >= 0.6 is 0 Å². The number of nitrogens with zero attached hydrogens (tertiary/aromatic N) is 4. The number of aryl methyl sites for hydroxylation is 1. The van der Waals surface area contributed by atoms with Crippen LogP contribution in [-0.2, 0) is 24.4 Å². The fourth-order valence-corrected chi connectivity index (χ4v) is 3.74. The maximum Gasteiger partial charge on any atom is 0.416 e. The number of hydrogen-bond acceptors (Lipinski definition) is 5. The first-order valence-corrected chi connectivity index (χ1v) is 11.4. The summed E-state index contributed by atoms with van der Waals surface area (Å²) in [5, 5.41) is 18.9. The third-order valence-corrected chi connectivity index (χ3v) is 5.73. The second kappa shape index (κ2) is 11.1. The highest BCUT2D eigenvalue weighted by molar-refractivity contribution is 5.95. The van der Waals surface area contributed by atoms with E-state index in [0.717, 1.165) is 28.8 Å². The van der Waals surface area contributed by atoms with Gasteiger partial charge in [-0.15, -0.1) is 0 Å². The molecule has 1 atom stereocenters. The number of pyridine rings is 1. The molecular formula is C27H23F3N6O. The number of nitriles is 1. The summed E-state index contributed by atoms with van der Waals surface area (Å²) < 4.78 is 40.8. The lowest BCUT2D eigenvalue weighted by molar-refractivity contribution is -0.137. The number of anilines is 1. The Labute approximate surface area is 211 Å². The minimum Gasteiger partial charge on any atom is -0.309 e. The Morgan fingerprint density at radius 3 is 2.32 bits per heavy atom. The van der Waals surface area contributed by atoms with E-state index in [1.807, 2.05) is 18.3 Å². The summed E-state index contributed by atoms with van der Waals surface area (Å²) >= 11 is 0. The van der Waals surface area contributed by atoms with Crippen LogP contribution in [0.2, 0.25) is 0 Å². The van der Waals surface area contributed by atoms with Crippen LogP contribution in [0.3, 0.4) is 0 Å². The number of carbonyl (C=O) groups is 1. The van der Waals surface area contributed by atoms with Gasteiger partial charge in [0.25, 0.3) is 0 Å². The van der Waals surface area contributed by atoms with Crippen molar-refractivity contribution in [2.45, 2.75) is 18.6 Å². The van der Waals surface area contributed by atoms with E-state index in [9.17, 15) is 18.0 Å². The quantitative estimate of drug-likeness (QED) is 0.357. The van der Waals surface area contributed by atoms with Crippen molar-refractivity contribution < 1.29 is 18.0 Å². The van der Waals surface area contributed by atoms with Gasteiger partial charge in [-0.2, -0.15) is 23.5 Å². The number of nitrogens with one attached hydrogen (secondary N) is 2.